The highest BCUT2D eigenvalue weighted by atomic mass is 15.1. The van der Waals surface area contributed by atoms with Gasteiger partial charge >= 0.3 is 0 Å². The number of benzene rings is 4. The highest BCUT2D eigenvalue weighted by molar-refractivity contribution is 6.09. The summed E-state index contributed by atoms with van der Waals surface area (Å²) in [6, 6.07) is 39.9. The van der Waals surface area contributed by atoms with E-state index in [9.17, 15) is 0 Å². The van der Waals surface area contributed by atoms with E-state index in [1.807, 2.05) is 89.8 Å². The quantitative estimate of drug-likeness (QED) is 0.165. The molecule has 3 heteroatoms. The molecule has 0 amide bonds. The van der Waals surface area contributed by atoms with Gasteiger partial charge in [-0.1, -0.05) is 71.8 Å². The molecule has 0 aromatic heterocycles. The second-order valence-corrected chi connectivity index (χ2v) is 7.53. The summed E-state index contributed by atoms with van der Waals surface area (Å²) in [5.41, 5.74) is 6.19. The van der Waals surface area contributed by atoms with Gasteiger partial charge in [-0.25, -0.2) is 4.99 Å². The van der Waals surface area contributed by atoms with E-state index < -0.39 is 0 Å². The van der Waals surface area contributed by atoms with Crippen molar-refractivity contribution in [3.8, 4) is 12.0 Å². The number of nitrogens with zero attached hydrogens (tertiary/aromatic N) is 2. The highest BCUT2D eigenvalue weighted by Gasteiger charge is 2.06. The third kappa shape index (κ3) is 5.65. The molecule has 0 bridgehead atoms. The molecule has 0 heterocycles. The van der Waals surface area contributed by atoms with Crippen molar-refractivity contribution >= 4 is 28.6 Å². The Morgan fingerprint density at radius 3 is 1.69 bits per heavy atom. The summed E-state index contributed by atoms with van der Waals surface area (Å²) < 4.78 is 0. The summed E-state index contributed by atoms with van der Waals surface area (Å²) in [5.74, 6) is 3.84. The third-order valence-electron chi connectivity index (χ3n) is 4.90. The van der Waals surface area contributed by atoms with Gasteiger partial charge in [0.1, 0.15) is 0 Å². The fraction of sp³-hybridized carbons (Fsp3) is 0.0690. The minimum absolute atomic E-state index is 0.578. The Labute approximate surface area is 190 Å². The zero-order valence-corrected chi connectivity index (χ0v) is 18.3. The van der Waals surface area contributed by atoms with Gasteiger partial charge in [0.15, 0.2) is 5.84 Å². The summed E-state index contributed by atoms with van der Waals surface area (Å²) in [5, 5.41) is 3.38. The molecular weight excluding hydrogens is 390 g/mol. The van der Waals surface area contributed by atoms with Crippen LogP contribution in [0, 0.1) is 25.8 Å². The number of aryl methyl sites for hydroxylation is 2. The molecule has 4 aromatic carbocycles. The fourth-order valence-corrected chi connectivity index (χ4v) is 3.15. The molecule has 0 aliphatic heterocycles. The number of rotatable bonds is 4. The van der Waals surface area contributed by atoms with Gasteiger partial charge < -0.3 is 5.32 Å². The van der Waals surface area contributed by atoms with Crippen LogP contribution in [-0.2, 0) is 0 Å². The number of aliphatic imine (C=N–C) groups is 1. The van der Waals surface area contributed by atoms with Gasteiger partial charge in [-0.3, -0.25) is 4.90 Å². The van der Waals surface area contributed by atoms with Crippen molar-refractivity contribution in [1.29, 1.82) is 0 Å². The average molecular weight is 416 g/mol. The van der Waals surface area contributed by atoms with Crippen LogP contribution in [0.25, 0.3) is 0 Å². The van der Waals surface area contributed by atoms with Crippen LogP contribution in [0.3, 0.4) is 0 Å². The Kier molecular flexibility index (Phi) is 6.65. The second kappa shape index (κ2) is 10.1. The van der Waals surface area contributed by atoms with Gasteiger partial charge in [-0.05, 0) is 68.3 Å². The Hall–Kier alpha value is -4.29. The lowest BCUT2D eigenvalue weighted by atomic mass is 10.2. The molecule has 1 N–H and O–H groups in total. The molecule has 4 rings (SSSR count). The van der Waals surface area contributed by atoms with Gasteiger partial charge in [0.25, 0.3) is 0 Å². The lowest BCUT2D eigenvalue weighted by molar-refractivity contribution is 1.33. The van der Waals surface area contributed by atoms with Crippen LogP contribution in [0.1, 0.15) is 11.1 Å². The lowest BCUT2D eigenvalue weighted by Gasteiger charge is -2.17. The first-order valence-corrected chi connectivity index (χ1v) is 10.6. The molecule has 0 aliphatic carbocycles. The van der Waals surface area contributed by atoms with Gasteiger partial charge in [0, 0.05) is 11.7 Å². The molecule has 0 fully saturated rings. The Morgan fingerprint density at radius 1 is 0.656 bits per heavy atom. The van der Waals surface area contributed by atoms with Crippen LogP contribution in [0.4, 0.5) is 22.7 Å². The summed E-state index contributed by atoms with van der Waals surface area (Å²) in [6.45, 7) is 4.14. The van der Waals surface area contributed by atoms with Gasteiger partial charge in [-0.15, -0.1) is 0 Å². The number of hydrogen-bond donors (Lipinski definition) is 1. The SMILES string of the molecule is Cc1ccc(N=C(C#CN(c2ccccc2)c2ccccc2)Nc2ccc(C)cc2)cc1. The van der Waals surface area contributed by atoms with E-state index in [2.05, 4.69) is 55.4 Å². The molecule has 32 heavy (non-hydrogen) atoms. The predicted molar refractivity (Wildman–Crippen MR) is 136 cm³/mol. The van der Waals surface area contributed by atoms with Gasteiger partial charge in [0.2, 0.25) is 0 Å². The summed E-state index contributed by atoms with van der Waals surface area (Å²) >= 11 is 0. The van der Waals surface area contributed by atoms with Crippen LogP contribution in [0.2, 0.25) is 0 Å². The van der Waals surface area contributed by atoms with Crippen molar-refractivity contribution < 1.29 is 0 Å². The van der Waals surface area contributed by atoms with Crippen molar-refractivity contribution in [3.05, 3.63) is 120 Å². The summed E-state index contributed by atoms with van der Waals surface area (Å²) in [6.07, 6.45) is 0. The van der Waals surface area contributed by atoms with Crippen LogP contribution in [-0.4, -0.2) is 5.84 Å². The standard InChI is InChI=1S/C29H25N3/c1-23-13-17-25(18-14-23)30-29(31-26-19-15-24(2)16-20-26)21-22-32(27-9-5-3-6-10-27)28-11-7-4-8-12-28/h3-20H,1-2H3,(H,30,31). The molecule has 0 unspecified atom stereocenters. The van der Waals surface area contributed by atoms with Crippen molar-refractivity contribution in [1.82, 2.24) is 0 Å². The number of nitrogens with one attached hydrogen (secondary N) is 1. The van der Waals surface area contributed by atoms with Crippen LogP contribution in [0.5, 0.6) is 0 Å². The van der Waals surface area contributed by atoms with E-state index in [4.69, 9.17) is 4.99 Å². The van der Waals surface area contributed by atoms with Gasteiger partial charge in [-0.2, -0.15) is 0 Å². The minimum Gasteiger partial charge on any atom is -0.333 e. The normalized spacial score (nSPS) is 10.8. The maximum atomic E-state index is 4.78. The fourth-order valence-electron chi connectivity index (χ4n) is 3.15. The van der Waals surface area contributed by atoms with Crippen LogP contribution >= 0.6 is 0 Å². The number of amidine groups is 1. The molecule has 0 radical (unpaired) electrons. The molecule has 0 saturated carbocycles. The Bertz CT molecular complexity index is 1190. The minimum atomic E-state index is 0.578. The maximum absolute atomic E-state index is 4.78. The topological polar surface area (TPSA) is 27.6 Å². The third-order valence-corrected chi connectivity index (χ3v) is 4.90. The molecule has 0 spiro atoms. The Morgan fingerprint density at radius 2 is 1.16 bits per heavy atom. The highest BCUT2D eigenvalue weighted by Crippen LogP contribution is 2.24. The van der Waals surface area contributed by atoms with Crippen molar-refractivity contribution in [2.75, 3.05) is 10.2 Å². The molecular formula is C29H25N3. The molecule has 0 saturated heterocycles. The van der Waals surface area contributed by atoms with E-state index in [-0.39, 0.29) is 0 Å². The van der Waals surface area contributed by atoms with Crippen molar-refractivity contribution in [2.45, 2.75) is 13.8 Å². The molecule has 0 atom stereocenters. The van der Waals surface area contributed by atoms with Crippen LogP contribution in [0.15, 0.2) is 114 Å². The van der Waals surface area contributed by atoms with Crippen molar-refractivity contribution in [3.63, 3.8) is 0 Å². The smallest absolute Gasteiger partial charge is 0.185 e. The van der Waals surface area contributed by atoms with E-state index in [0.29, 0.717) is 5.84 Å². The van der Waals surface area contributed by atoms with E-state index >= 15 is 0 Å². The number of anilines is 3. The van der Waals surface area contributed by atoms with E-state index in [1.165, 1.54) is 11.1 Å². The average Bonchev–Trinajstić information content (AvgIpc) is 2.83. The first-order valence-electron chi connectivity index (χ1n) is 10.6. The molecule has 3 nitrogen and oxygen atoms in total. The molecule has 4 aromatic rings. The van der Waals surface area contributed by atoms with Gasteiger partial charge in [0.05, 0.1) is 17.1 Å². The van der Waals surface area contributed by atoms with Crippen molar-refractivity contribution in [2.24, 2.45) is 4.99 Å². The molecule has 0 aliphatic rings. The predicted octanol–water partition coefficient (Wildman–Crippen LogP) is 7.24. The summed E-state index contributed by atoms with van der Waals surface area (Å²) in [4.78, 5) is 6.76. The second-order valence-electron chi connectivity index (χ2n) is 7.53. The largest absolute Gasteiger partial charge is 0.333 e. The maximum Gasteiger partial charge on any atom is 0.185 e. The first kappa shape index (κ1) is 21.0. The zero-order chi connectivity index (χ0) is 22.2. The Balaban J connectivity index is 1.73. The van der Waals surface area contributed by atoms with E-state index in [1.54, 1.807) is 0 Å². The van der Waals surface area contributed by atoms with E-state index in [0.717, 1.165) is 22.7 Å². The zero-order valence-electron chi connectivity index (χ0n) is 18.3. The lowest BCUT2D eigenvalue weighted by Crippen LogP contribution is -2.13. The monoisotopic (exact) mass is 415 g/mol. The first-order chi connectivity index (χ1) is 15.7. The molecule has 156 valence electrons. The summed E-state index contributed by atoms with van der Waals surface area (Å²) in [7, 11) is 0. The number of para-hydroxylation sites is 2. The van der Waals surface area contributed by atoms with Crippen LogP contribution < -0.4 is 10.2 Å². The number of hydrogen-bond acceptors (Lipinski definition) is 2.